The number of nitrogens with one attached hydrogen (secondary N) is 1. The lowest BCUT2D eigenvalue weighted by Crippen LogP contribution is -2.13. The van der Waals surface area contributed by atoms with Crippen LogP contribution in [0, 0.1) is 6.92 Å². The largest absolute Gasteiger partial charge is 0.306 e. The van der Waals surface area contributed by atoms with E-state index in [0.29, 0.717) is 17.1 Å². The van der Waals surface area contributed by atoms with Gasteiger partial charge >= 0.3 is 0 Å². The Bertz CT molecular complexity index is 564. The van der Waals surface area contributed by atoms with Crippen molar-refractivity contribution in [1.29, 1.82) is 0 Å². The lowest BCUT2D eigenvalue weighted by molar-refractivity contribution is 0.102. The van der Waals surface area contributed by atoms with Gasteiger partial charge in [-0.25, -0.2) is 4.98 Å². The molecule has 0 saturated carbocycles. The van der Waals surface area contributed by atoms with Crippen molar-refractivity contribution in [3.8, 4) is 0 Å². The molecule has 2 aromatic rings. The zero-order chi connectivity index (χ0) is 12.4. The number of aryl methyl sites for hydroxylation is 2. The number of anilines is 1. The first kappa shape index (κ1) is 11.8. The molecule has 2 heterocycles. The maximum Gasteiger partial charge on any atom is 0.260 e. The Morgan fingerprint density at radius 2 is 2.29 bits per heavy atom. The maximum absolute atomic E-state index is 12.0. The lowest BCUT2D eigenvalue weighted by Gasteiger charge is -2.04. The highest BCUT2D eigenvalue weighted by molar-refractivity contribution is 9.10. The van der Waals surface area contributed by atoms with Crippen molar-refractivity contribution < 1.29 is 4.79 Å². The Hall–Kier alpha value is -1.69. The van der Waals surface area contributed by atoms with Gasteiger partial charge < -0.3 is 5.32 Å². The Labute approximate surface area is 107 Å². The van der Waals surface area contributed by atoms with Gasteiger partial charge in [-0.15, -0.1) is 0 Å². The van der Waals surface area contributed by atoms with Crippen molar-refractivity contribution in [3.05, 3.63) is 40.3 Å². The molecule has 6 heteroatoms. The Morgan fingerprint density at radius 1 is 1.53 bits per heavy atom. The summed E-state index contributed by atoms with van der Waals surface area (Å²) in [4.78, 5) is 16.0. The van der Waals surface area contributed by atoms with E-state index in [4.69, 9.17) is 0 Å². The summed E-state index contributed by atoms with van der Waals surface area (Å²) in [6.45, 7) is 1.79. The van der Waals surface area contributed by atoms with Crippen LogP contribution < -0.4 is 5.32 Å². The second-order valence-corrected chi connectivity index (χ2v) is 4.44. The van der Waals surface area contributed by atoms with E-state index in [-0.39, 0.29) is 5.91 Å². The zero-order valence-corrected chi connectivity index (χ0v) is 11.0. The highest BCUT2D eigenvalue weighted by Gasteiger charge is 2.14. The number of rotatable bonds is 2. The molecular formula is C11H11BrN4O. The summed E-state index contributed by atoms with van der Waals surface area (Å²) in [6.07, 6.45) is 3.30. The van der Waals surface area contributed by atoms with Gasteiger partial charge in [-0.3, -0.25) is 9.48 Å². The number of hydrogen-bond donors (Lipinski definition) is 1. The van der Waals surface area contributed by atoms with E-state index >= 15 is 0 Å². The number of pyridine rings is 1. The van der Waals surface area contributed by atoms with Crippen LogP contribution in [0.5, 0.6) is 0 Å². The van der Waals surface area contributed by atoms with Crippen LogP contribution in [-0.4, -0.2) is 20.7 Å². The smallest absolute Gasteiger partial charge is 0.260 e. The van der Waals surface area contributed by atoms with Crippen LogP contribution in [-0.2, 0) is 7.05 Å². The molecule has 0 atom stereocenters. The van der Waals surface area contributed by atoms with Crippen LogP contribution in [0.15, 0.2) is 29.0 Å². The van der Waals surface area contributed by atoms with Crippen LogP contribution in [0.1, 0.15) is 16.1 Å². The molecule has 0 aromatic carbocycles. The second kappa shape index (κ2) is 4.67. The number of hydrogen-bond acceptors (Lipinski definition) is 3. The van der Waals surface area contributed by atoms with Gasteiger partial charge in [0.1, 0.15) is 5.82 Å². The van der Waals surface area contributed by atoms with E-state index in [2.05, 4.69) is 31.3 Å². The molecule has 0 unspecified atom stereocenters. The first-order valence-corrected chi connectivity index (χ1v) is 5.79. The highest BCUT2D eigenvalue weighted by atomic mass is 79.9. The lowest BCUT2D eigenvalue weighted by atomic mass is 10.2. The Kier molecular flexibility index (Phi) is 3.23. The monoisotopic (exact) mass is 294 g/mol. The van der Waals surface area contributed by atoms with Crippen molar-refractivity contribution >= 4 is 27.7 Å². The molecule has 0 aliphatic heterocycles. The number of amides is 1. The summed E-state index contributed by atoms with van der Waals surface area (Å²) in [5, 5.41) is 6.85. The molecule has 0 fully saturated rings. The Morgan fingerprint density at radius 3 is 2.88 bits per heavy atom. The van der Waals surface area contributed by atoms with Crippen molar-refractivity contribution in [2.24, 2.45) is 7.05 Å². The van der Waals surface area contributed by atoms with E-state index in [1.807, 2.05) is 6.07 Å². The molecule has 1 N–H and O–H groups in total. The minimum absolute atomic E-state index is 0.213. The number of carbonyl (C=O) groups excluding carboxylic acids is 1. The third-order valence-electron chi connectivity index (χ3n) is 2.25. The number of aromatic nitrogens is 3. The fraction of sp³-hybridized carbons (Fsp3) is 0.182. The summed E-state index contributed by atoms with van der Waals surface area (Å²) in [6, 6.07) is 3.60. The zero-order valence-electron chi connectivity index (χ0n) is 9.44. The first-order valence-electron chi connectivity index (χ1n) is 5.00. The standard InChI is InChI=1S/C11H11BrN4O/c1-7-8(6-16(2)15-7)11(17)14-10-9(12)4-3-5-13-10/h3-6H,1-2H3,(H,13,14,17). The predicted molar refractivity (Wildman–Crippen MR) is 67.8 cm³/mol. The fourth-order valence-electron chi connectivity index (χ4n) is 1.48. The van der Waals surface area contributed by atoms with Crippen LogP contribution in [0.2, 0.25) is 0 Å². The summed E-state index contributed by atoms with van der Waals surface area (Å²) in [5.74, 6) is 0.288. The molecule has 1 amide bonds. The SMILES string of the molecule is Cc1nn(C)cc1C(=O)Nc1ncccc1Br. The van der Waals surface area contributed by atoms with Crippen molar-refractivity contribution in [2.75, 3.05) is 5.32 Å². The predicted octanol–water partition coefficient (Wildman–Crippen LogP) is 2.14. The van der Waals surface area contributed by atoms with Gasteiger partial charge in [-0.2, -0.15) is 5.10 Å². The van der Waals surface area contributed by atoms with Gasteiger partial charge in [0.15, 0.2) is 0 Å². The third-order valence-corrected chi connectivity index (χ3v) is 2.89. The normalized spacial score (nSPS) is 10.3. The van der Waals surface area contributed by atoms with Crippen molar-refractivity contribution in [3.63, 3.8) is 0 Å². The molecular weight excluding hydrogens is 284 g/mol. The second-order valence-electron chi connectivity index (χ2n) is 3.59. The van der Waals surface area contributed by atoms with Gasteiger partial charge in [0.05, 0.1) is 15.7 Å². The summed E-state index contributed by atoms with van der Waals surface area (Å²) >= 11 is 3.32. The number of carbonyl (C=O) groups is 1. The van der Waals surface area contributed by atoms with Gasteiger partial charge in [0.25, 0.3) is 5.91 Å². The topological polar surface area (TPSA) is 59.8 Å². The molecule has 0 spiro atoms. The first-order chi connectivity index (χ1) is 8.08. The minimum Gasteiger partial charge on any atom is -0.306 e. The van der Waals surface area contributed by atoms with E-state index in [1.54, 1.807) is 37.1 Å². The van der Waals surface area contributed by atoms with E-state index in [9.17, 15) is 4.79 Å². The highest BCUT2D eigenvalue weighted by Crippen LogP contribution is 2.19. The van der Waals surface area contributed by atoms with Crippen molar-refractivity contribution in [2.45, 2.75) is 6.92 Å². The summed E-state index contributed by atoms with van der Waals surface area (Å²) in [7, 11) is 1.78. The van der Waals surface area contributed by atoms with E-state index < -0.39 is 0 Å². The molecule has 0 bridgehead atoms. The molecule has 88 valence electrons. The van der Waals surface area contributed by atoms with Crippen LogP contribution in [0.3, 0.4) is 0 Å². The molecule has 2 aromatic heterocycles. The minimum atomic E-state index is -0.213. The van der Waals surface area contributed by atoms with Crippen LogP contribution in [0.25, 0.3) is 0 Å². The quantitative estimate of drug-likeness (QED) is 0.923. The third kappa shape index (κ3) is 2.52. The van der Waals surface area contributed by atoms with Crippen LogP contribution in [0.4, 0.5) is 5.82 Å². The van der Waals surface area contributed by atoms with Gasteiger partial charge in [-0.1, -0.05) is 0 Å². The molecule has 0 radical (unpaired) electrons. The Balaban J connectivity index is 2.23. The fourth-order valence-corrected chi connectivity index (χ4v) is 1.83. The van der Waals surface area contributed by atoms with Gasteiger partial charge in [-0.05, 0) is 35.0 Å². The van der Waals surface area contributed by atoms with E-state index in [1.165, 1.54) is 0 Å². The molecule has 0 saturated heterocycles. The molecule has 2 rings (SSSR count). The van der Waals surface area contributed by atoms with Crippen LogP contribution >= 0.6 is 15.9 Å². The average Bonchev–Trinajstić information content (AvgIpc) is 2.61. The molecule has 5 nitrogen and oxygen atoms in total. The molecule has 17 heavy (non-hydrogen) atoms. The number of nitrogens with zero attached hydrogens (tertiary/aromatic N) is 3. The maximum atomic E-state index is 12.0. The average molecular weight is 295 g/mol. The van der Waals surface area contributed by atoms with Gasteiger partial charge in [0, 0.05) is 19.4 Å². The van der Waals surface area contributed by atoms with Gasteiger partial charge in [0.2, 0.25) is 0 Å². The number of halogens is 1. The van der Waals surface area contributed by atoms with Crippen molar-refractivity contribution in [1.82, 2.24) is 14.8 Å². The van der Waals surface area contributed by atoms with E-state index in [0.717, 1.165) is 4.47 Å². The molecule has 0 aliphatic carbocycles. The summed E-state index contributed by atoms with van der Waals surface area (Å²) < 4.78 is 2.35. The summed E-state index contributed by atoms with van der Waals surface area (Å²) in [5.41, 5.74) is 1.24. The molecule has 0 aliphatic rings.